The molecule has 0 aliphatic rings. The lowest BCUT2D eigenvalue weighted by Crippen LogP contribution is -2.24. The summed E-state index contributed by atoms with van der Waals surface area (Å²) in [6, 6.07) is 23.8. The number of nitrogens with zero attached hydrogens (tertiary/aromatic N) is 3. The number of nitrogen functional groups attached to an aromatic ring is 1. The van der Waals surface area contributed by atoms with Gasteiger partial charge in [0.15, 0.2) is 5.82 Å². The number of aromatic nitrogens is 3. The molecule has 0 radical (unpaired) electrons. The Kier molecular flexibility index (Phi) is 8.33. The number of para-hydroxylation sites is 2. The van der Waals surface area contributed by atoms with Gasteiger partial charge in [0.25, 0.3) is 5.91 Å². The molecule has 0 aliphatic carbocycles. The number of anilines is 1. The molecule has 1 amide bonds. The third-order valence-corrected chi connectivity index (χ3v) is 6.90. The number of aryl methyl sites for hydroxylation is 1. The maximum absolute atomic E-state index is 12.6. The molecule has 39 heavy (non-hydrogen) atoms. The fourth-order valence-electron chi connectivity index (χ4n) is 4.83. The third-order valence-electron chi connectivity index (χ3n) is 6.90. The quantitative estimate of drug-likeness (QED) is 0.205. The number of methoxy groups -OCH3 is 1. The number of carbonyl (C=O) groups is 1. The summed E-state index contributed by atoms with van der Waals surface area (Å²) in [5, 5.41) is 7.54. The zero-order valence-corrected chi connectivity index (χ0v) is 22.2. The van der Waals surface area contributed by atoms with Crippen molar-refractivity contribution in [1.29, 1.82) is 0 Å². The molecule has 0 unspecified atom stereocenters. The molecule has 2 heterocycles. The van der Waals surface area contributed by atoms with Crippen LogP contribution < -0.4 is 21.1 Å². The van der Waals surface area contributed by atoms with Gasteiger partial charge in [-0.15, -0.1) is 0 Å². The Balaban J connectivity index is 1.05. The number of carbonyl (C=O) groups excluding carboxylic acids is 1. The maximum Gasteiger partial charge on any atom is 0.251 e. The third kappa shape index (κ3) is 6.18. The Morgan fingerprint density at radius 2 is 1.77 bits per heavy atom. The van der Waals surface area contributed by atoms with E-state index in [1.165, 1.54) is 5.56 Å². The fraction of sp³-hybridized carbons (Fsp3) is 0.258. The molecule has 3 aromatic carbocycles. The number of nitrogens with one attached hydrogen (secondary N) is 2. The molecule has 0 aliphatic heterocycles. The number of pyridine rings is 1. The first-order valence-electron chi connectivity index (χ1n) is 13.3. The first-order valence-corrected chi connectivity index (χ1v) is 13.3. The molecule has 2 aromatic heterocycles. The van der Waals surface area contributed by atoms with Gasteiger partial charge in [-0.1, -0.05) is 48.5 Å². The Labute approximate surface area is 228 Å². The van der Waals surface area contributed by atoms with E-state index in [1.807, 2.05) is 73.1 Å². The molecule has 5 aromatic rings. The van der Waals surface area contributed by atoms with Gasteiger partial charge in [0.1, 0.15) is 11.3 Å². The van der Waals surface area contributed by atoms with Gasteiger partial charge in [0, 0.05) is 30.6 Å². The highest BCUT2D eigenvalue weighted by atomic mass is 16.5. The zero-order chi connectivity index (χ0) is 27.0. The zero-order valence-electron chi connectivity index (χ0n) is 22.2. The second kappa shape index (κ2) is 12.4. The van der Waals surface area contributed by atoms with Crippen molar-refractivity contribution >= 4 is 33.7 Å². The van der Waals surface area contributed by atoms with Gasteiger partial charge in [0.2, 0.25) is 0 Å². The Bertz CT molecular complexity index is 1560. The lowest BCUT2D eigenvalue weighted by molar-refractivity contribution is 0.0953. The summed E-state index contributed by atoms with van der Waals surface area (Å²) in [6.07, 6.45) is 4.48. The van der Waals surface area contributed by atoms with E-state index < -0.39 is 0 Å². The Morgan fingerprint density at radius 3 is 2.62 bits per heavy atom. The predicted molar refractivity (Wildman–Crippen MR) is 156 cm³/mol. The van der Waals surface area contributed by atoms with Crippen LogP contribution in [0.5, 0.6) is 5.75 Å². The van der Waals surface area contributed by atoms with Crippen LogP contribution in [-0.4, -0.2) is 40.6 Å². The number of hydrogen-bond acceptors (Lipinski definition) is 6. The number of fused-ring (bicyclic) bond motifs is 3. The van der Waals surface area contributed by atoms with E-state index in [2.05, 4.69) is 31.2 Å². The second-order valence-electron chi connectivity index (χ2n) is 9.55. The molecule has 0 bridgehead atoms. The maximum atomic E-state index is 12.6. The fourth-order valence-corrected chi connectivity index (χ4v) is 4.83. The van der Waals surface area contributed by atoms with E-state index in [1.54, 1.807) is 7.11 Å². The van der Waals surface area contributed by atoms with Crippen molar-refractivity contribution < 1.29 is 9.53 Å². The summed E-state index contributed by atoms with van der Waals surface area (Å²) < 4.78 is 7.54. The van der Waals surface area contributed by atoms with Crippen molar-refractivity contribution in [2.45, 2.75) is 32.4 Å². The lowest BCUT2D eigenvalue weighted by atomic mass is 10.1. The average molecular weight is 523 g/mol. The van der Waals surface area contributed by atoms with Gasteiger partial charge in [-0.05, 0) is 61.2 Å². The number of benzene rings is 3. The van der Waals surface area contributed by atoms with Crippen molar-refractivity contribution in [3.8, 4) is 5.75 Å². The summed E-state index contributed by atoms with van der Waals surface area (Å²) in [7, 11) is 1.70. The van der Waals surface area contributed by atoms with Crippen LogP contribution in [0.15, 0.2) is 79.1 Å². The largest absolute Gasteiger partial charge is 0.496 e. The van der Waals surface area contributed by atoms with E-state index in [0.29, 0.717) is 17.9 Å². The molecule has 200 valence electrons. The average Bonchev–Trinajstić information content (AvgIpc) is 3.40. The monoisotopic (exact) mass is 522 g/mol. The van der Waals surface area contributed by atoms with Crippen LogP contribution in [0.1, 0.15) is 34.3 Å². The van der Waals surface area contributed by atoms with Gasteiger partial charge >= 0.3 is 0 Å². The van der Waals surface area contributed by atoms with Crippen molar-refractivity contribution in [2.75, 3.05) is 25.9 Å². The summed E-state index contributed by atoms with van der Waals surface area (Å²) in [4.78, 5) is 21.6. The molecular weight excluding hydrogens is 488 g/mol. The van der Waals surface area contributed by atoms with Crippen LogP contribution in [-0.2, 0) is 19.5 Å². The van der Waals surface area contributed by atoms with Crippen LogP contribution in [0.4, 0.5) is 5.82 Å². The number of unbranched alkanes of at least 4 members (excludes halogenated alkanes) is 1. The summed E-state index contributed by atoms with van der Waals surface area (Å²) >= 11 is 0. The van der Waals surface area contributed by atoms with Crippen molar-refractivity contribution in [3.63, 3.8) is 0 Å². The molecule has 0 fully saturated rings. The van der Waals surface area contributed by atoms with Crippen LogP contribution in [0.25, 0.3) is 21.9 Å². The standard InChI is InChI=1S/C31H34N6O2/c1-39-27-11-5-2-8-23(27)16-18-33-20-22-12-14-24(15-13-22)31(38)34-17-6-7-19-37-21-35-28-29(37)25-9-3-4-10-26(25)36-30(28)32/h2-5,8-15,21,33H,6-7,16-20H2,1H3,(H2,32,36)(H,34,38). The van der Waals surface area contributed by atoms with Crippen LogP contribution in [0.3, 0.4) is 0 Å². The van der Waals surface area contributed by atoms with Gasteiger partial charge in [-0.3, -0.25) is 4.79 Å². The molecule has 8 nitrogen and oxygen atoms in total. The van der Waals surface area contributed by atoms with E-state index in [4.69, 9.17) is 10.5 Å². The van der Waals surface area contributed by atoms with E-state index in [-0.39, 0.29) is 5.91 Å². The molecular formula is C31H34N6O2. The van der Waals surface area contributed by atoms with Crippen molar-refractivity contribution in [3.05, 3.63) is 95.8 Å². The Hall–Kier alpha value is -4.43. The molecule has 8 heteroatoms. The smallest absolute Gasteiger partial charge is 0.251 e. The first-order chi connectivity index (χ1) is 19.1. The van der Waals surface area contributed by atoms with E-state index in [9.17, 15) is 4.79 Å². The van der Waals surface area contributed by atoms with Crippen molar-refractivity contribution in [1.82, 2.24) is 25.2 Å². The number of hydrogen-bond donors (Lipinski definition) is 3. The molecule has 0 atom stereocenters. The second-order valence-corrected chi connectivity index (χ2v) is 9.55. The van der Waals surface area contributed by atoms with Gasteiger partial charge in [-0.2, -0.15) is 0 Å². The van der Waals surface area contributed by atoms with E-state index in [0.717, 1.165) is 72.1 Å². The minimum Gasteiger partial charge on any atom is -0.496 e. The number of rotatable bonds is 12. The van der Waals surface area contributed by atoms with Crippen molar-refractivity contribution in [2.24, 2.45) is 0 Å². The minimum atomic E-state index is -0.0522. The topological polar surface area (TPSA) is 107 Å². The highest BCUT2D eigenvalue weighted by Gasteiger charge is 2.12. The molecule has 0 spiro atoms. The molecule has 0 saturated heterocycles. The number of amides is 1. The highest BCUT2D eigenvalue weighted by molar-refractivity contribution is 6.06. The van der Waals surface area contributed by atoms with Crippen LogP contribution in [0, 0.1) is 0 Å². The predicted octanol–water partition coefficient (Wildman–Crippen LogP) is 4.72. The van der Waals surface area contributed by atoms with Gasteiger partial charge in [0.05, 0.1) is 24.5 Å². The van der Waals surface area contributed by atoms with Crippen LogP contribution in [0.2, 0.25) is 0 Å². The molecule has 5 rings (SSSR count). The lowest BCUT2D eigenvalue weighted by Gasteiger charge is -2.10. The summed E-state index contributed by atoms with van der Waals surface area (Å²) in [5.74, 6) is 1.31. The van der Waals surface area contributed by atoms with Crippen LogP contribution >= 0.6 is 0 Å². The Morgan fingerprint density at radius 1 is 0.974 bits per heavy atom. The summed E-state index contributed by atoms with van der Waals surface area (Å²) in [5.41, 5.74) is 11.7. The molecule has 0 saturated carbocycles. The first kappa shape index (κ1) is 26.2. The minimum absolute atomic E-state index is 0.0522. The van der Waals surface area contributed by atoms with Gasteiger partial charge < -0.3 is 25.7 Å². The highest BCUT2D eigenvalue weighted by Crippen LogP contribution is 2.27. The number of ether oxygens (including phenoxy) is 1. The number of nitrogens with two attached hydrogens (primary N) is 1. The molecule has 4 N–H and O–H groups in total. The SMILES string of the molecule is COc1ccccc1CCNCc1ccc(C(=O)NCCCCn2cnc3c(N)nc4ccccc4c32)cc1. The van der Waals surface area contributed by atoms with E-state index >= 15 is 0 Å². The number of imidazole rings is 1. The van der Waals surface area contributed by atoms with Gasteiger partial charge in [-0.25, -0.2) is 9.97 Å². The summed E-state index contributed by atoms with van der Waals surface area (Å²) in [6.45, 7) is 3.00. The normalized spacial score (nSPS) is 11.2.